The highest BCUT2D eigenvalue weighted by Gasteiger charge is 2.27. The highest BCUT2D eigenvalue weighted by molar-refractivity contribution is 5.94. The fourth-order valence-electron chi connectivity index (χ4n) is 3.57. The molecule has 1 saturated heterocycles. The Morgan fingerprint density at radius 1 is 1.04 bits per heavy atom. The first-order valence-electron chi connectivity index (χ1n) is 9.10. The molecular formula is C21H28N3O+. The lowest BCUT2D eigenvalue weighted by molar-refractivity contribution is -0.918. The van der Waals surface area contributed by atoms with Crippen molar-refractivity contribution >= 4 is 11.6 Å². The van der Waals surface area contributed by atoms with Crippen LogP contribution in [0.2, 0.25) is 0 Å². The number of amides is 1. The minimum atomic E-state index is 0.00843. The van der Waals surface area contributed by atoms with Gasteiger partial charge in [-0.1, -0.05) is 30.3 Å². The standard InChI is InChI=1S/C21H27N3O/c1-23(2)19-12-10-17(11-13-19)20(24-14-6-7-15-24)16-22-21(25)18-8-4-3-5-9-18/h3-5,8-13,20H,6-7,14-16H2,1-2H3,(H,22,25)/p+1/t20-/m0/s1. The van der Waals surface area contributed by atoms with E-state index >= 15 is 0 Å². The number of hydrogen-bond acceptors (Lipinski definition) is 2. The van der Waals surface area contributed by atoms with Crippen LogP contribution in [0, 0.1) is 0 Å². The number of nitrogens with one attached hydrogen (secondary N) is 2. The second kappa shape index (κ2) is 8.17. The summed E-state index contributed by atoms with van der Waals surface area (Å²) in [6.07, 6.45) is 2.54. The van der Waals surface area contributed by atoms with Crippen LogP contribution < -0.4 is 15.1 Å². The maximum absolute atomic E-state index is 12.4. The molecule has 4 heteroatoms. The number of benzene rings is 2. The first-order chi connectivity index (χ1) is 12.1. The zero-order valence-electron chi connectivity index (χ0n) is 15.2. The first kappa shape index (κ1) is 17.5. The van der Waals surface area contributed by atoms with E-state index in [0.29, 0.717) is 12.6 Å². The Labute approximate surface area is 150 Å². The lowest BCUT2D eigenvalue weighted by atomic mass is 10.0. The molecule has 0 unspecified atom stereocenters. The second-order valence-electron chi connectivity index (χ2n) is 6.98. The number of likely N-dealkylation sites (tertiary alicyclic amines) is 1. The molecule has 25 heavy (non-hydrogen) atoms. The molecule has 1 fully saturated rings. The molecule has 0 aromatic heterocycles. The quantitative estimate of drug-likeness (QED) is 0.844. The number of hydrogen-bond donors (Lipinski definition) is 2. The Kier molecular flexibility index (Phi) is 5.71. The van der Waals surface area contributed by atoms with Gasteiger partial charge in [0.15, 0.2) is 0 Å². The summed E-state index contributed by atoms with van der Waals surface area (Å²) in [5.74, 6) is 0.00843. The monoisotopic (exact) mass is 338 g/mol. The van der Waals surface area contributed by atoms with E-state index in [4.69, 9.17) is 0 Å². The van der Waals surface area contributed by atoms with Crippen molar-refractivity contribution in [1.82, 2.24) is 5.32 Å². The van der Waals surface area contributed by atoms with Crippen LogP contribution >= 0.6 is 0 Å². The van der Waals surface area contributed by atoms with Gasteiger partial charge < -0.3 is 15.1 Å². The molecule has 0 bridgehead atoms. The maximum atomic E-state index is 12.4. The summed E-state index contributed by atoms with van der Waals surface area (Å²) in [5, 5.41) is 3.14. The predicted octanol–water partition coefficient (Wildman–Crippen LogP) is 1.90. The number of quaternary nitrogens is 1. The molecule has 2 aromatic carbocycles. The molecule has 0 radical (unpaired) electrons. The third kappa shape index (κ3) is 4.40. The summed E-state index contributed by atoms with van der Waals surface area (Å²) >= 11 is 0. The van der Waals surface area contributed by atoms with E-state index in [0.717, 1.165) is 5.56 Å². The summed E-state index contributed by atoms with van der Waals surface area (Å²) in [6, 6.07) is 18.5. The number of carbonyl (C=O) groups is 1. The molecule has 1 aliphatic rings. The van der Waals surface area contributed by atoms with Gasteiger partial charge in [0.05, 0.1) is 19.6 Å². The van der Waals surface area contributed by atoms with Crippen LogP contribution in [0.5, 0.6) is 0 Å². The van der Waals surface area contributed by atoms with E-state index in [1.807, 2.05) is 30.3 Å². The van der Waals surface area contributed by atoms with Gasteiger partial charge in [0, 0.05) is 43.8 Å². The van der Waals surface area contributed by atoms with Gasteiger partial charge >= 0.3 is 0 Å². The summed E-state index contributed by atoms with van der Waals surface area (Å²) in [6.45, 7) is 3.03. The molecule has 0 spiro atoms. The van der Waals surface area contributed by atoms with Gasteiger partial charge in [-0.3, -0.25) is 4.79 Å². The van der Waals surface area contributed by atoms with Crippen LogP contribution in [0.15, 0.2) is 54.6 Å². The first-order valence-corrected chi connectivity index (χ1v) is 9.10. The van der Waals surface area contributed by atoms with Crippen LogP contribution in [0.3, 0.4) is 0 Å². The lowest BCUT2D eigenvalue weighted by Gasteiger charge is -2.26. The summed E-state index contributed by atoms with van der Waals surface area (Å²) in [7, 11) is 4.11. The van der Waals surface area contributed by atoms with Crippen LogP contribution in [0.4, 0.5) is 5.69 Å². The molecule has 4 nitrogen and oxygen atoms in total. The van der Waals surface area contributed by atoms with Gasteiger partial charge in [0.2, 0.25) is 0 Å². The summed E-state index contributed by atoms with van der Waals surface area (Å²) in [4.78, 5) is 16.1. The Morgan fingerprint density at radius 3 is 2.28 bits per heavy atom. The Bertz CT molecular complexity index is 676. The third-order valence-corrected chi connectivity index (χ3v) is 5.05. The minimum Gasteiger partial charge on any atom is -0.378 e. The lowest BCUT2D eigenvalue weighted by Crippen LogP contribution is -3.11. The number of carbonyl (C=O) groups excluding carboxylic acids is 1. The van der Waals surface area contributed by atoms with Crippen molar-refractivity contribution in [2.45, 2.75) is 18.9 Å². The average Bonchev–Trinajstić information content (AvgIpc) is 3.17. The highest BCUT2D eigenvalue weighted by Crippen LogP contribution is 2.17. The van der Waals surface area contributed by atoms with Crippen LogP contribution in [-0.2, 0) is 0 Å². The Hall–Kier alpha value is -2.33. The molecule has 0 aliphatic carbocycles. The van der Waals surface area contributed by atoms with Crippen LogP contribution in [0.25, 0.3) is 0 Å². The molecule has 0 saturated carbocycles. The van der Waals surface area contributed by atoms with Crippen molar-refractivity contribution < 1.29 is 9.69 Å². The van der Waals surface area contributed by atoms with Gasteiger partial charge in [-0.15, -0.1) is 0 Å². The Morgan fingerprint density at radius 2 is 1.68 bits per heavy atom. The number of nitrogens with zero attached hydrogens (tertiary/aromatic N) is 1. The summed E-state index contributed by atoms with van der Waals surface area (Å²) < 4.78 is 0. The largest absolute Gasteiger partial charge is 0.378 e. The van der Waals surface area contributed by atoms with Gasteiger partial charge in [0.1, 0.15) is 6.04 Å². The highest BCUT2D eigenvalue weighted by atomic mass is 16.1. The number of anilines is 1. The molecule has 1 heterocycles. The van der Waals surface area contributed by atoms with E-state index in [9.17, 15) is 4.79 Å². The second-order valence-corrected chi connectivity index (χ2v) is 6.98. The Balaban J connectivity index is 1.72. The maximum Gasteiger partial charge on any atom is 0.251 e. The average molecular weight is 338 g/mol. The molecule has 1 atom stereocenters. The van der Waals surface area contributed by atoms with E-state index in [1.165, 1.54) is 37.2 Å². The number of rotatable bonds is 6. The van der Waals surface area contributed by atoms with Crippen molar-refractivity contribution in [3.8, 4) is 0 Å². The zero-order chi connectivity index (χ0) is 17.6. The van der Waals surface area contributed by atoms with Gasteiger partial charge in [-0.25, -0.2) is 0 Å². The zero-order valence-corrected chi connectivity index (χ0v) is 15.2. The molecule has 1 amide bonds. The van der Waals surface area contributed by atoms with Crippen molar-refractivity contribution in [3.05, 3.63) is 65.7 Å². The van der Waals surface area contributed by atoms with E-state index < -0.39 is 0 Å². The third-order valence-electron chi connectivity index (χ3n) is 5.05. The van der Waals surface area contributed by atoms with E-state index in [2.05, 4.69) is 48.6 Å². The fourth-order valence-corrected chi connectivity index (χ4v) is 3.57. The van der Waals surface area contributed by atoms with E-state index in [-0.39, 0.29) is 5.91 Å². The SMILES string of the molecule is CN(C)c1ccc([C@H](CNC(=O)c2ccccc2)[NH+]2CCCC2)cc1. The molecule has 2 N–H and O–H groups in total. The van der Waals surface area contributed by atoms with Gasteiger partial charge in [-0.2, -0.15) is 0 Å². The normalized spacial score (nSPS) is 15.8. The topological polar surface area (TPSA) is 36.8 Å². The fraction of sp³-hybridized carbons (Fsp3) is 0.381. The van der Waals surface area contributed by atoms with Crippen molar-refractivity contribution in [3.63, 3.8) is 0 Å². The summed E-state index contributed by atoms with van der Waals surface area (Å²) in [5.41, 5.74) is 3.23. The molecular weight excluding hydrogens is 310 g/mol. The minimum absolute atomic E-state index is 0.00843. The van der Waals surface area contributed by atoms with Gasteiger partial charge in [0.25, 0.3) is 5.91 Å². The smallest absolute Gasteiger partial charge is 0.251 e. The van der Waals surface area contributed by atoms with Crippen LogP contribution in [0.1, 0.15) is 34.8 Å². The molecule has 3 rings (SSSR count). The van der Waals surface area contributed by atoms with Gasteiger partial charge in [-0.05, 0) is 24.3 Å². The molecule has 132 valence electrons. The van der Waals surface area contributed by atoms with Crippen molar-refractivity contribution in [2.24, 2.45) is 0 Å². The molecule has 2 aromatic rings. The van der Waals surface area contributed by atoms with E-state index in [1.54, 1.807) is 4.90 Å². The molecule has 1 aliphatic heterocycles. The van der Waals surface area contributed by atoms with Crippen LogP contribution in [-0.4, -0.2) is 39.6 Å². The van der Waals surface area contributed by atoms with Crippen molar-refractivity contribution in [1.29, 1.82) is 0 Å². The van der Waals surface area contributed by atoms with Crippen molar-refractivity contribution in [2.75, 3.05) is 38.6 Å². The predicted molar refractivity (Wildman–Crippen MR) is 102 cm³/mol.